The number of morpholine rings is 1. The third-order valence-corrected chi connectivity index (χ3v) is 4.15. The van der Waals surface area contributed by atoms with Crippen LogP contribution in [0.3, 0.4) is 0 Å². The number of amides is 2. The fourth-order valence-electron chi connectivity index (χ4n) is 2.96. The molecule has 0 bridgehead atoms. The molecular formula is C16H18F2N2O3. The van der Waals surface area contributed by atoms with E-state index in [1.807, 2.05) is 4.90 Å². The van der Waals surface area contributed by atoms with Gasteiger partial charge in [0.15, 0.2) is 11.6 Å². The summed E-state index contributed by atoms with van der Waals surface area (Å²) in [4.78, 5) is 26.6. The minimum absolute atomic E-state index is 0.156. The van der Waals surface area contributed by atoms with Crippen molar-refractivity contribution in [3.63, 3.8) is 0 Å². The Morgan fingerprint density at radius 1 is 1.13 bits per heavy atom. The summed E-state index contributed by atoms with van der Waals surface area (Å²) >= 11 is 0. The van der Waals surface area contributed by atoms with Crippen molar-refractivity contribution in [2.24, 2.45) is 0 Å². The number of hydrogen-bond donors (Lipinski definition) is 0. The van der Waals surface area contributed by atoms with Crippen LogP contribution in [0, 0.1) is 11.6 Å². The van der Waals surface area contributed by atoms with Crippen LogP contribution in [-0.2, 0) is 20.9 Å². The number of carbonyl (C=O) groups is 2. The zero-order valence-electron chi connectivity index (χ0n) is 12.6. The number of likely N-dealkylation sites (tertiary alicyclic amines) is 1. The standard InChI is InChI=1S/C16H18F2N2O3/c17-13-2-1-11(7-14(13)18)8-19-5-6-23-12(9-19)10-20-15(21)3-4-16(20)22/h1-2,7,12H,3-6,8-10H2/t12-/m0/s1. The lowest BCUT2D eigenvalue weighted by Crippen LogP contribution is -2.48. The number of carbonyl (C=O) groups excluding carboxylic acids is 2. The maximum Gasteiger partial charge on any atom is 0.229 e. The first-order valence-electron chi connectivity index (χ1n) is 7.64. The summed E-state index contributed by atoms with van der Waals surface area (Å²) in [5, 5.41) is 0. The highest BCUT2D eigenvalue weighted by atomic mass is 19.2. The molecule has 1 aromatic rings. The van der Waals surface area contributed by atoms with Gasteiger partial charge in [0.2, 0.25) is 11.8 Å². The Morgan fingerprint density at radius 3 is 2.57 bits per heavy atom. The second-order valence-corrected chi connectivity index (χ2v) is 5.87. The molecule has 2 aliphatic rings. The molecule has 0 radical (unpaired) electrons. The van der Waals surface area contributed by atoms with Gasteiger partial charge in [-0.15, -0.1) is 0 Å². The van der Waals surface area contributed by atoms with E-state index in [4.69, 9.17) is 4.74 Å². The first-order chi connectivity index (χ1) is 11.0. The van der Waals surface area contributed by atoms with Crippen molar-refractivity contribution in [2.75, 3.05) is 26.2 Å². The Kier molecular flexibility index (Phi) is 4.68. The van der Waals surface area contributed by atoms with Crippen LogP contribution in [0.5, 0.6) is 0 Å². The van der Waals surface area contributed by atoms with Crippen LogP contribution in [0.25, 0.3) is 0 Å². The molecule has 0 saturated carbocycles. The number of imide groups is 1. The quantitative estimate of drug-likeness (QED) is 0.784. The second-order valence-electron chi connectivity index (χ2n) is 5.87. The maximum atomic E-state index is 13.3. The number of benzene rings is 1. The molecule has 2 amide bonds. The first-order valence-corrected chi connectivity index (χ1v) is 7.64. The number of rotatable bonds is 4. The highest BCUT2D eigenvalue weighted by molar-refractivity contribution is 6.01. The average Bonchev–Trinajstić information content (AvgIpc) is 2.83. The minimum Gasteiger partial charge on any atom is -0.374 e. The fourth-order valence-corrected chi connectivity index (χ4v) is 2.96. The van der Waals surface area contributed by atoms with Crippen molar-refractivity contribution in [3.05, 3.63) is 35.4 Å². The Hall–Kier alpha value is -1.86. The van der Waals surface area contributed by atoms with E-state index in [0.29, 0.717) is 31.8 Å². The molecule has 1 aromatic carbocycles. The van der Waals surface area contributed by atoms with Crippen molar-refractivity contribution < 1.29 is 23.1 Å². The molecule has 5 nitrogen and oxygen atoms in total. The highest BCUT2D eigenvalue weighted by Crippen LogP contribution is 2.17. The highest BCUT2D eigenvalue weighted by Gasteiger charge is 2.32. The van der Waals surface area contributed by atoms with Crippen molar-refractivity contribution in [2.45, 2.75) is 25.5 Å². The topological polar surface area (TPSA) is 49.9 Å². The van der Waals surface area contributed by atoms with E-state index in [2.05, 4.69) is 0 Å². The van der Waals surface area contributed by atoms with Crippen molar-refractivity contribution in [1.82, 2.24) is 9.80 Å². The Labute approximate surface area is 132 Å². The van der Waals surface area contributed by atoms with E-state index in [1.165, 1.54) is 11.0 Å². The average molecular weight is 324 g/mol. The summed E-state index contributed by atoms with van der Waals surface area (Å²) in [6.07, 6.45) is 0.286. The van der Waals surface area contributed by atoms with Gasteiger partial charge in [-0.2, -0.15) is 0 Å². The molecule has 2 fully saturated rings. The molecule has 2 heterocycles. The summed E-state index contributed by atoms with van der Waals surface area (Å²) in [5.41, 5.74) is 0.679. The van der Waals surface area contributed by atoms with Crippen molar-refractivity contribution >= 4 is 11.8 Å². The van der Waals surface area contributed by atoms with E-state index in [-0.39, 0.29) is 37.3 Å². The zero-order chi connectivity index (χ0) is 16.4. The molecule has 124 valence electrons. The molecule has 0 aromatic heterocycles. The third-order valence-electron chi connectivity index (χ3n) is 4.15. The predicted octanol–water partition coefficient (Wildman–Crippen LogP) is 1.31. The van der Waals surface area contributed by atoms with Crippen LogP contribution >= 0.6 is 0 Å². The Morgan fingerprint density at radius 2 is 1.87 bits per heavy atom. The van der Waals surface area contributed by atoms with Gasteiger partial charge in [-0.05, 0) is 17.7 Å². The molecule has 0 unspecified atom stereocenters. The Bertz CT molecular complexity index is 607. The molecule has 3 rings (SSSR count). The van der Waals surface area contributed by atoms with E-state index < -0.39 is 11.6 Å². The third kappa shape index (κ3) is 3.73. The molecular weight excluding hydrogens is 306 g/mol. The smallest absolute Gasteiger partial charge is 0.229 e. The number of ether oxygens (including phenoxy) is 1. The van der Waals surface area contributed by atoms with Gasteiger partial charge in [0.1, 0.15) is 0 Å². The lowest BCUT2D eigenvalue weighted by Gasteiger charge is -2.34. The summed E-state index contributed by atoms with van der Waals surface area (Å²) in [6.45, 7) is 2.41. The zero-order valence-corrected chi connectivity index (χ0v) is 12.6. The minimum atomic E-state index is -0.861. The summed E-state index contributed by atoms with van der Waals surface area (Å²) in [6, 6.07) is 3.86. The van der Waals surface area contributed by atoms with Gasteiger partial charge < -0.3 is 4.74 Å². The molecule has 0 spiro atoms. The van der Waals surface area contributed by atoms with E-state index in [1.54, 1.807) is 6.07 Å². The largest absolute Gasteiger partial charge is 0.374 e. The van der Waals surface area contributed by atoms with Gasteiger partial charge in [-0.3, -0.25) is 19.4 Å². The Balaban J connectivity index is 1.58. The number of nitrogens with zero attached hydrogens (tertiary/aromatic N) is 2. The number of halogens is 2. The molecule has 7 heteroatoms. The first kappa shape index (κ1) is 16.0. The van der Waals surface area contributed by atoms with Crippen molar-refractivity contribution in [3.8, 4) is 0 Å². The van der Waals surface area contributed by atoms with Gasteiger partial charge in [-0.25, -0.2) is 8.78 Å². The summed E-state index contributed by atoms with van der Waals surface area (Å²) in [7, 11) is 0. The lowest BCUT2D eigenvalue weighted by molar-refractivity contribution is -0.142. The van der Waals surface area contributed by atoms with E-state index >= 15 is 0 Å². The molecule has 23 heavy (non-hydrogen) atoms. The van der Waals surface area contributed by atoms with Crippen molar-refractivity contribution in [1.29, 1.82) is 0 Å². The van der Waals surface area contributed by atoms with Crippen LogP contribution in [0.2, 0.25) is 0 Å². The van der Waals surface area contributed by atoms with Crippen LogP contribution < -0.4 is 0 Å². The lowest BCUT2D eigenvalue weighted by atomic mass is 10.1. The normalized spacial score (nSPS) is 22.9. The molecule has 2 aliphatic heterocycles. The monoisotopic (exact) mass is 324 g/mol. The van der Waals surface area contributed by atoms with Crippen LogP contribution in [0.1, 0.15) is 18.4 Å². The molecule has 0 N–H and O–H groups in total. The van der Waals surface area contributed by atoms with Crippen LogP contribution in [0.15, 0.2) is 18.2 Å². The van der Waals surface area contributed by atoms with Crippen LogP contribution in [-0.4, -0.2) is 54.0 Å². The van der Waals surface area contributed by atoms with Gasteiger partial charge >= 0.3 is 0 Å². The predicted molar refractivity (Wildman–Crippen MR) is 77.3 cm³/mol. The van der Waals surface area contributed by atoms with Gasteiger partial charge in [0, 0.05) is 32.5 Å². The maximum absolute atomic E-state index is 13.3. The van der Waals surface area contributed by atoms with E-state index in [9.17, 15) is 18.4 Å². The van der Waals surface area contributed by atoms with Gasteiger partial charge in [0.25, 0.3) is 0 Å². The van der Waals surface area contributed by atoms with Gasteiger partial charge in [0.05, 0.1) is 19.3 Å². The van der Waals surface area contributed by atoms with Crippen LogP contribution in [0.4, 0.5) is 8.78 Å². The number of hydrogen-bond acceptors (Lipinski definition) is 4. The summed E-state index contributed by atoms with van der Waals surface area (Å²) < 4.78 is 31.9. The van der Waals surface area contributed by atoms with Gasteiger partial charge in [-0.1, -0.05) is 6.07 Å². The van der Waals surface area contributed by atoms with E-state index in [0.717, 1.165) is 6.07 Å². The second kappa shape index (κ2) is 6.72. The molecule has 1 atom stereocenters. The molecule has 0 aliphatic carbocycles. The fraction of sp³-hybridized carbons (Fsp3) is 0.500. The molecule has 2 saturated heterocycles. The SMILES string of the molecule is O=C1CCC(=O)N1C[C@@H]1CN(Cc2ccc(F)c(F)c2)CCO1. The summed E-state index contributed by atoms with van der Waals surface area (Å²) in [5.74, 6) is -2.03.